The van der Waals surface area contributed by atoms with Crippen molar-refractivity contribution in [3.8, 4) is 0 Å². The number of halogens is 1. The number of rotatable bonds is 4. The molecule has 1 atom stereocenters. The maximum Gasteiger partial charge on any atom is 0.225 e. The first kappa shape index (κ1) is 15.4. The zero-order valence-corrected chi connectivity index (χ0v) is 11.7. The molecule has 21 heavy (non-hydrogen) atoms. The Balaban J connectivity index is 1.89. The highest BCUT2D eigenvalue weighted by molar-refractivity contribution is 5.79. The van der Waals surface area contributed by atoms with E-state index in [1.165, 1.54) is 18.2 Å². The Kier molecular flexibility index (Phi) is 4.90. The van der Waals surface area contributed by atoms with E-state index in [0.717, 1.165) is 0 Å². The average molecular weight is 294 g/mol. The molecule has 0 spiro atoms. The molecule has 1 aromatic carbocycles. The van der Waals surface area contributed by atoms with E-state index in [9.17, 15) is 19.1 Å². The fourth-order valence-corrected chi connectivity index (χ4v) is 2.54. The molecule has 6 heteroatoms. The number of carbonyl (C=O) groups excluding carboxylic acids is 2. The summed E-state index contributed by atoms with van der Waals surface area (Å²) in [5.41, 5.74) is 5.63. The van der Waals surface area contributed by atoms with Crippen LogP contribution in [0.5, 0.6) is 0 Å². The van der Waals surface area contributed by atoms with Crippen LogP contribution in [0.25, 0.3) is 0 Å². The number of nitrogens with two attached hydrogens (primary N) is 1. The Hall–Kier alpha value is -1.95. The molecule has 1 heterocycles. The second-order valence-electron chi connectivity index (χ2n) is 5.33. The summed E-state index contributed by atoms with van der Waals surface area (Å²) in [5.74, 6) is -1.15. The van der Waals surface area contributed by atoms with E-state index < -0.39 is 11.9 Å². The van der Waals surface area contributed by atoms with E-state index in [0.29, 0.717) is 31.5 Å². The second-order valence-corrected chi connectivity index (χ2v) is 5.33. The quantitative estimate of drug-likeness (QED) is 0.868. The molecule has 0 saturated carbocycles. The van der Waals surface area contributed by atoms with E-state index >= 15 is 0 Å². The molecule has 1 saturated heterocycles. The van der Waals surface area contributed by atoms with E-state index in [1.54, 1.807) is 11.0 Å². The summed E-state index contributed by atoms with van der Waals surface area (Å²) in [5, 5.41) is 10.00. The van der Waals surface area contributed by atoms with Crippen molar-refractivity contribution in [1.29, 1.82) is 0 Å². The molecule has 2 rings (SSSR count). The van der Waals surface area contributed by atoms with Crippen LogP contribution in [0.3, 0.4) is 0 Å². The number of amides is 2. The highest BCUT2D eigenvalue weighted by Gasteiger charge is 2.27. The zero-order chi connectivity index (χ0) is 15.4. The highest BCUT2D eigenvalue weighted by Crippen LogP contribution is 2.22. The van der Waals surface area contributed by atoms with Crippen molar-refractivity contribution in [3.05, 3.63) is 35.6 Å². The highest BCUT2D eigenvalue weighted by atomic mass is 19.1. The molecule has 0 aromatic heterocycles. The number of hydrogen-bond donors (Lipinski definition) is 2. The Bertz CT molecular complexity index is 527. The smallest absolute Gasteiger partial charge is 0.225 e. The van der Waals surface area contributed by atoms with Crippen LogP contribution in [0.2, 0.25) is 0 Å². The third-order valence-corrected chi connectivity index (χ3v) is 3.85. The van der Waals surface area contributed by atoms with Crippen LogP contribution in [-0.2, 0) is 9.59 Å². The summed E-state index contributed by atoms with van der Waals surface area (Å²) in [6, 6.07) is 5.58. The number of aliphatic hydroxyl groups is 1. The lowest BCUT2D eigenvalue weighted by Gasteiger charge is -2.31. The van der Waals surface area contributed by atoms with Gasteiger partial charge in [-0.1, -0.05) is 12.1 Å². The summed E-state index contributed by atoms with van der Waals surface area (Å²) >= 11 is 0. The van der Waals surface area contributed by atoms with Gasteiger partial charge >= 0.3 is 0 Å². The first-order valence-corrected chi connectivity index (χ1v) is 6.98. The van der Waals surface area contributed by atoms with Gasteiger partial charge in [-0.05, 0) is 30.5 Å². The minimum Gasteiger partial charge on any atom is -0.388 e. The lowest BCUT2D eigenvalue weighted by atomic mass is 9.95. The van der Waals surface area contributed by atoms with Crippen LogP contribution in [0, 0.1) is 11.7 Å². The molecule has 5 nitrogen and oxygen atoms in total. The van der Waals surface area contributed by atoms with Gasteiger partial charge in [0.15, 0.2) is 0 Å². The first-order chi connectivity index (χ1) is 9.97. The van der Waals surface area contributed by atoms with Crippen LogP contribution < -0.4 is 5.73 Å². The molecule has 1 unspecified atom stereocenters. The average Bonchev–Trinajstić information content (AvgIpc) is 2.47. The lowest BCUT2D eigenvalue weighted by molar-refractivity contribution is -0.136. The summed E-state index contributed by atoms with van der Waals surface area (Å²) in [6.07, 6.45) is -0.0130. The van der Waals surface area contributed by atoms with E-state index in [2.05, 4.69) is 0 Å². The minimum atomic E-state index is -1.03. The Labute approximate surface area is 122 Å². The Morgan fingerprint density at radius 1 is 1.38 bits per heavy atom. The zero-order valence-electron chi connectivity index (χ0n) is 11.7. The summed E-state index contributed by atoms with van der Waals surface area (Å²) in [4.78, 5) is 24.8. The van der Waals surface area contributed by atoms with Gasteiger partial charge < -0.3 is 15.7 Å². The van der Waals surface area contributed by atoms with Gasteiger partial charge in [0.25, 0.3) is 0 Å². The van der Waals surface area contributed by atoms with Gasteiger partial charge in [0.2, 0.25) is 11.8 Å². The van der Waals surface area contributed by atoms with Crippen molar-refractivity contribution >= 4 is 11.8 Å². The molecule has 0 radical (unpaired) electrons. The van der Waals surface area contributed by atoms with Crippen LogP contribution in [-0.4, -0.2) is 34.9 Å². The molecule has 3 N–H and O–H groups in total. The van der Waals surface area contributed by atoms with Gasteiger partial charge in [-0.15, -0.1) is 0 Å². The molecule has 1 fully saturated rings. The molecule has 0 aliphatic carbocycles. The van der Waals surface area contributed by atoms with Crippen LogP contribution in [0.4, 0.5) is 4.39 Å². The number of aliphatic hydroxyl groups excluding tert-OH is 1. The normalized spacial score (nSPS) is 17.5. The predicted molar refractivity (Wildman–Crippen MR) is 74.5 cm³/mol. The largest absolute Gasteiger partial charge is 0.388 e. The topological polar surface area (TPSA) is 83.6 Å². The molecule has 2 amide bonds. The molecule has 0 bridgehead atoms. The van der Waals surface area contributed by atoms with Gasteiger partial charge in [0.05, 0.1) is 12.5 Å². The van der Waals surface area contributed by atoms with Crippen molar-refractivity contribution in [2.24, 2.45) is 11.7 Å². The fourth-order valence-electron chi connectivity index (χ4n) is 2.54. The molecule has 1 aliphatic rings. The first-order valence-electron chi connectivity index (χ1n) is 6.98. The van der Waals surface area contributed by atoms with Gasteiger partial charge in [0, 0.05) is 19.0 Å². The van der Waals surface area contributed by atoms with Crippen LogP contribution in [0.1, 0.15) is 30.9 Å². The van der Waals surface area contributed by atoms with E-state index in [-0.39, 0.29) is 24.2 Å². The van der Waals surface area contributed by atoms with E-state index in [4.69, 9.17) is 5.73 Å². The van der Waals surface area contributed by atoms with Gasteiger partial charge in [-0.3, -0.25) is 9.59 Å². The van der Waals surface area contributed by atoms with Crippen molar-refractivity contribution in [3.63, 3.8) is 0 Å². The number of benzene rings is 1. The number of likely N-dealkylation sites (tertiary alicyclic amines) is 1. The Morgan fingerprint density at radius 3 is 2.62 bits per heavy atom. The van der Waals surface area contributed by atoms with Gasteiger partial charge in [0.1, 0.15) is 5.82 Å². The number of hydrogen-bond acceptors (Lipinski definition) is 3. The summed E-state index contributed by atoms with van der Waals surface area (Å²) < 4.78 is 13.1. The maximum absolute atomic E-state index is 13.1. The lowest BCUT2D eigenvalue weighted by Crippen LogP contribution is -2.42. The van der Waals surface area contributed by atoms with Gasteiger partial charge in [-0.25, -0.2) is 4.39 Å². The molecular weight excluding hydrogens is 275 g/mol. The number of carbonyl (C=O) groups is 2. The molecule has 1 aromatic rings. The van der Waals surface area contributed by atoms with Crippen molar-refractivity contribution in [1.82, 2.24) is 4.90 Å². The second kappa shape index (κ2) is 6.67. The van der Waals surface area contributed by atoms with E-state index in [1.807, 2.05) is 0 Å². The third kappa shape index (κ3) is 4.01. The Morgan fingerprint density at radius 2 is 2.05 bits per heavy atom. The fraction of sp³-hybridized carbons (Fsp3) is 0.467. The third-order valence-electron chi connectivity index (χ3n) is 3.85. The van der Waals surface area contributed by atoms with Crippen molar-refractivity contribution in [2.75, 3.05) is 13.1 Å². The van der Waals surface area contributed by atoms with Crippen molar-refractivity contribution < 1.29 is 19.1 Å². The van der Waals surface area contributed by atoms with Crippen LogP contribution in [0.15, 0.2) is 24.3 Å². The maximum atomic E-state index is 13.1. The summed E-state index contributed by atoms with van der Waals surface area (Å²) in [6.45, 7) is 0.921. The number of piperidine rings is 1. The molecular formula is C15H19FN2O3. The summed E-state index contributed by atoms with van der Waals surface area (Å²) in [7, 11) is 0. The van der Waals surface area contributed by atoms with Gasteiger partial charge in [-0.2, -0.15) is 0 Å². The minimum absolute atomic E-state index is 0.0926. The molecule has 1 aliphatic heterocycles. The standard InChI is InChI=1S/C15H19FN2O3/c16-12-3-1-2-11(8-12)13(19)9-14(20)18-6-4-10(5-7-18)15(17)21/h1-3,8,10,13,19H,4-7,9H2,(H2,17,21). The number of nitrogens with zero attached hydrogens (tertiary/aromatic N) is 1. The van der Waals surface area contributed by atoms with Crippen LogP contribution >= 0.6 is 0 Å². The monoisotopic (exact) mass is 294 g/mol. The SMILES string of the molecule is NC(=O)C1CCN(C(=O)CC(O)c2cccc(F)c2)CC1. The predicted octanol–water partition coefficient (Wildman–Crippen LogP) is 0.973. The van der Waals surface area contributed by atoms with Crippen molar-refractivity contribution in [2.45, 2.75) is 25.4 Å². The number of primary amides is 1. The molecule has 114 valence electrons.